The second-order valence-corrected chi connectivity index (χ2v) is 7.10. The first-order valence-electron chi connectivity index (χ1n) is 6.73. The molecule has 1 aliphatic heterocycles. The van der Waals surface area contributed by atoms with Crippen molar-refractivity contribution >= 4 is 8.80 Å². The molecule has 0 amide bonds. The van der Waals surface area contributed by atoms with Crippen LogP contribution in [0, 0.1) is 0 Å². The van der Waals surface area contributed by atoms with E-state index in [-0.39, 0.29) is 6.10 Å². The number of epoxide rings is 1. The average Bonchev–Trinajstić information content (AvgIpc) is 3.02. The Bertz CT molecular complexity index is 192. The van der Waals surface area contributed by atoms with E-state index in [0.29, 0.717) is 19.3 Å². The third-order valence-electron chi connectivity index (χ3n) is 2.66. The van der Waals surface area contributed by atoms with Gasteiger partial charge in [-0.1, -0.05) is 13.3 Å². The Morgan fingerprint density at radius 2 is 1.82 bits per heavy atom. The highest BCUT2D eigenvalue weighted by molar-refractivity contribution is 6.60. The topological polar surface area (TPSA) is 40.2 Å². The summed E-state index contributed by atoms with van der Waals surface area (Å²) in [5, 5.41) is 0. The van der Waals surface area contributed by atoms with Gasteiger partial charge in [0.15, 0.2) is 0 Å². The van der Waals surface area contributed by atoms with Crippen LogP contribution in [0.1, 0.15) is 40.5 Å². The molecule has 4 nitrogen and oxygen atoms in total. The standard InChI is InChI=1S/C12H26O4Si/c1-5-8-17(14-6-2,15-7-3)16-11(4)9-12-10-13-12/h11-12H,5-10H2,1-4H3. The van der Waals surface area contributed by atoms with E-state index in [1.54, 1.807) is 0 Å². The highest BCUT2D eigenvalue weighted by atomic mass is 28.4. The van der Waals surface area contributed by atoms with Gasteiger partial charge in [0.1, 0.15) is 0 Å². The molecule has 0 N–H and O–H groups in total. The molecule has 1 fully saturated rings. The summed E-state index contributed by atoms with van der Waals surface area (Å²) in [6.07, 6.45) is 2.51. The van der Waals surface area contributed by atoms with Crippen molar-refractivity contribution in [1.82, 2.24) is 0 Å². The number of hydrogen-bond donors (Lipinski definition) is 0. The Morgan fingerprint density at radius 1 is 1.24 bits per heavy atom. The van der Waals surface area contributed by atoms with E-state index < -0.39 is 8.80 Å². The Labute approximate surface area is 106 Å². The SMILES string of the molecule is CCC[Si](OCC)(OCC)OC(C)CC1CO1. The Kier molecular flexibility index (Phi) is 6.65. The molecule has 1 saturated heterocycles. The molecule has 0 spiro atoms. The van der Waals surface area contributed by atoms with Gasteiger partial charge in [-0.25, -0.2) is 0 Å². The molecule has 0 radical (unpaired) electrons. The maximum absolute atomic E-state index is 6.12. The van der Waals surface area contributed by atoms with Gasteiger partial charge in [-0.15, -0.1) is 0 Å². The van der Waals surface area contributed by atoms with Gasteiger partial charge >= 0.3 is 8.80 Å². The average molecular weight is 262 g/mol. The first kappa shape index (κ1) is 15.1. The lowest BCUT2D eigenvalue weighted by Crippen LogP contribution is -2.48. The molecule has 2 unspecified atom stereocenters. The molecule has 102 valence electrons. The zero-order valence-electron chi connectivity index (χ0n) is 11.5. The van der Waals surface area contributed by atoms with Gasteiger partial charge in [0.2, 0.25) is 0 Å². The smallest absolute Gasteiger partial charge is 0.374 e. The van der Waals surface area contributed by atoms with Gasteiger partial charge in [-0.05, 0) is 20.8 Å². The van der Waals surface area contributed by atoms with Crippen LogP contribution in [0.2, 0.25) is 6.04 Å². The third-order valence-corrected chi connectivity index (χ3v) is 5.99. The molecule has 0 aromatic heterocycles. The fourth-order valence-corrected chi connectivity index (χ4v) is 4.82. The van der Waals surface area contributed by atoms with E-state index >= 15 is 0 Å². The summed E-state index contributed by atoms with van der Waals surface area (Å²) in [4.78, 5) is 0. The molecular formula is C12H26O4Si. The van der Waals surface area contributed by atoms with Gasteiger partial charge in [0.05, 0.1) is 12.7 Å². The van der Waals surface area contributed by atoms with Gasteiger partial charge < -0.3 is 18.0 Å². The van der Waals surface area contributed by atoms with Crippen molar-refractivity contribution in [3.05, 3.63) is 0 Å². The van der Waals surface area contributed by atoms with Crippen LogP contribution in [0.15, 0.2) is 0 Å². The lowest BCUT2D eigenvalue weighted by atomic mass is 10.2. The first-order valence-corrected chi connectivity index (χ1v) is 8.66. The highest BCUT2D eigenvalue weighted by Crippen LogP contribution is 2.24. The van der Waals surface area contributed by atoms with Crippen LogP contribution >= 0.6 is 0 Å². The fourth-order valence-electron chi connectivity index (χ4n) is 1.99. The van der Waals surface area contributed by atoms with Crippen molar-refractivity contribution in [2.24, 2.45) is 0 Å². The molecule has 1 rings (SSSR count). The minimum atomic E-state index is -2.45. The molecule has 17 heavy (non-hydrogen) atoms. The third kappa shape index (κ3) is 5.48. The van der Waals surface area contributed by atoms with Crippen LogP contribution in [0.5, 0.6) is 0 Å². The highest BCUT2D eigenvalue weighted by Gasteiger charge is 2.42. The van der Waals surface area contributed by atoms with E-state index in [1.165, 1.54) is 0 Å². The van der Waals surface area contributed by atoms with Crippen molar-refractivity contribution in [3.63, 3.8) is 0 Å². The van der Waals surface area contributed by atoms with Crippen LogP contribution in [0.25, 0.3) is 0 Å². The summed E-state index contributed by atoms with van der Waals surface area (Å²) in [5.41, 5.74) is 0. The summed E-state index contributed by atoms with van der Waals surface area (Å²) in [7, 11) is -2.45. The summed E-state index contributed by atoms with van der Waals surface area (Å²) in [6, 6.07) is 0.893. The second-order valence-electron chi connectivity index (χ2n) is 4.42. The van der Waals surface area contributed by atoms with Crippen LogP contribution in [-0.2, 0) is 18.0 Å². The normalized spacial score (nSPS) is 21.5. The molecule has 1 heterocycles. The molecule has 0 aromatic carbocycles. The molecule has 0 saturated carbocycles. The molecule has 0 bridgehead atoms. The number of hydrogen-bond acceptors (Lipinski definition) is 4. The molecular weight excluding hydrogens is 236 g/mol. The Balaban J connectivity index is 2.50. The zero-order chi connectivity index (χ0) is 12.7. The maximum atomic E-state index is 6.12. The van der Waals surface area contributed by atoms with E-state index in [4.69, 9.17) is 18.0 Å². The molecule has 0 aliphatic carbocycles. The minimum Gasteiger partial charge on any atom is -0.374 e. The summed E-state index contributed by atoms with van der Waals surface area (Å²) < 4.78 is 23.0. The van der Waals surface area contributed by atoms with Crippen molar-refractivity contribution in [2.75, 3.05) is 19.8 Å². The second kappa shape index (κ2) is 7.48. The Hall–Kier alpha value is 0.0569. The maximum Gasteiger partial charge on any atom is 0.501 e. The van der Waals surface area contributed by atoms with Crippen LogP contribution in [0.3, 0.4) is 0 Å². The summed E-state index contributed by atoms with van der Waals surface area (Å²) in [5.74, 6) is 0. The summed E-state index contributed by atoms with van der Waals surface area (Å²) in [6.45, 7) is 10.4. The molecule has 1 aliphatic rings. The molecule has 5 heteroatoms. The molecule has 0 aromatic rings. The zero-order valence-corrected chi connectivity index (χ0v) is 12.5. The quantitative estimate of drug-likeness (QED) is 0.448. The van der Waals surface area contributed by atoms with Crippen molar-refractivity contribution in [3.8, 4) is 0 Å². The van der Waals surface area contributed by atoms with Gasteiger partial charge in [-0.3, -0.25) is 0 Å². The van der Waals surface area contributed by atoms with E-state index in [2.05, 4.69) is 13.8 Å². The van der Waals surface area contributed by atoms with Crippen LogP contribution in [0.4, 0.5) is 0 Å². The molecule has 2 atom stereocenters. The van der Waals surface area contributed by atoms with Crippen LogP contribution < -0.4 is 0 Å². The van der Waals surface area contributed by atoms with Crippen molar-refractivity contribution in [2.45, 2.75) is 58.8 Å². The minimum absolute atomic E-state index is 0.152. The van der Waals surface area contributed by atoms with Gasteiger partial charge in [-0.2, -0.15) is 0 Å². The first-order chi connectivity index (χ1) is 8.15. The number of rotatable bonds is 10. The van der Waals surface area contributed by atoms with Crippen LogP contribution in [-0.4, -0.2) is 40.8 Å². The predicted octanol–water partition coefficient (Wildman–Crippen LogP) is 2.60. The van der Waals surface area contributed by atoms with Crippen molar-refractivity contribution in [1.29, 1.82) is 0 Å². The van der Waals surface area contributed by atoms with Crippen molar-refractivity contribution < 1.29 is 18.0 Å². The Morgan fingerprint density at radius 3 is 2.24 bits per heavy atom. The lowest BCUT2D eigenvalue weighted by Gasteiger charge is -2.31. The lowest BCUT2D eigenvalue weighted by molar-refractivity contribution is 0.0331. The number of ether oxygens (including phenoxy) is 1. The predicted molar refractivity (Wildman–Crippen MR) is 69.0 cm³/mol. The van der Waals surface area contributed by atoms with Gasteiger partial charge in [0, 0.05) is 31.8 Å². The fraction of sp³-hybridized carbons (Fsp3) is 1.00. The summed E-state index contributed by atoms with van der Waals surface area (Å²) >= 11 is 0. The van der Waals surface area contributed by atoms with Gasteiger partial charge in [0.25, 0.3) is 0 Å². The van der Waals surface area contributed by atoms with E-state index in [1.807, 2.05) is 13.8 Å². The monoisotopic (exact) mass is 262 g/mol. The van der Waals surface area contributed by atoms with E-state index in [9.17, 15) is 0 Å². The van der Waals surface area contributed by atoms with E-state index in [0.717, 1.165) is 25.5 Å². The largest absolute Gasteiger partial charge is 0.501 e.